The van der Waals surface area contributed by atoms with Gasteiger partial charge < -0.3 is 10.1 Å². The van der Waals surface area contributed by atoms with Gasteiger partial charge in [-0.05, 0) is 25.0 Å². The van der Waals surface area contributed by atoms with Crippen LogP contribution in [0.3, 0.4) is 0 Å². The largest absolute Gasteiger partial charge is 0.483 e. The first kappa shape index (κ1) is 20.9. The van der Waals surface area contributed by atoms with E-state index in [2.05, 4.69) is 15.0 Å². The van der Waals surface area contributed by atoms with Crippen LogP contribution in [0.25, 0.3) is 0 Å². The predicted molar refractivity (Wildman–Crippen MR) is 91.0 cm³/mol. The van der Waals surface area contributed by atoms with Crippen molar-refractivity contribution >= 4 is 11.6 Å². The molecule has 156 valence electrons. The van der Waals surface area contributed by atoms with Crippen molar-refractivity contribution in [2.45, 2.75) is 31.9 Å². The number of aromatic nitrogens is 1. The van der Waals surface area contributed by atoms with Gasteiger partial charge in [-0.15, -0.1) is 0 Å². The first-order chi connectivity index (χ1) is 13.6. The Kier molecular flexibility index (Phi) is 5.72. The molecule has 4 nitrogen and oxygen atoms in total. The highest BCUT2D eigenvalue weighted by Gasteiger charge is 2.32. The first-order valence-electron chi connectivity index (χ1n) is 8.70. The fourth-order valence-corrected chi connectivity index (χ4v) is 2.73. The minimum atomic E-state index is -4.52. The molecule has 1 aliphatic rings. The molecule has 2 aromatic rings. The first-order valence-corrected chi connectivity index (χ1v) is 8.70. The molecule has 29 heavy (non-hydrogen) atoms. The Labute approximate surface area is 161 Å². The quantitative estimate of drug-likeness (QED) is 0.676. The minimum absolute atomic E-state index is 0.119. The van der Waals surface area contributed by atoms with Crippen LogP contribution in [0.15, 0.2) is 24.4 Å². The number of pyridine rings is 1. The summed E-state index contributed by atoms with van der Waals surface area (Å²) >= 11 is 0. The third-order valence-corrected chi connectivity index (χ3v) is 4.44. The maximum absolute atomic E-state index is 14.8. The van der Waals surface area contributed by atoms with E-state index in [1.807, 2.05) is 0 Å². The highest BCUT2D eigenvalue weighted by molar-refractivity contribution is 5.94. The molecule has 10 heteroatoms. The number of alkyl halides is 3. The van der Waals surface area contributed by atoms with E-state index >= 15 is 0 Å². The van der Waals surface area contributed by atoms with Crippen LogP contribution in [0.2, 0.25) is 0 Å². The zero-order valence-electron chi connectivity index (χ0n) is 15.1. The van der Waals surface area contributed by atoms with Gasteiger partial charge in [0.2, 0.25) is 5.91 Å². The van der Waals surface area contributed by atoms with Gasteiger partial charge in [0.15, 0.2) is 18.2 Å². The number of nitrogens with zero attached hydrogens (tertiary/aromatic N) is 1. The second kappa shape index (κ2) is 7.92. The molecule has 1 fully saturated rings. The molecule has 1 saturated carbocycles. The Bertz CT molecular complexity index is 910. The van der Waals surface area contributed by atoms with Crippen molar-refractivity contribution in [1.82, 2.24) is 4.98 Å². The molecule has 0 unspecified atom stereocenters. The zero-order valence-corrected chi connectivity index (χ0v) is 15.1. The number of carbonyl (C=O) groups is 1. The fraction of sp³-hybridized carbons (Fsp3) is 0.368. The van der Waals surface area contributed by atoms with Gasteiger partial charge >= 0.3 is 6.18 Å². The van der Waals surface area contributed by atoms with E-state index in [4.69, 9.17) is 0 Å². The minimum Gasteiger partial charge on any atom is -0.483 e. The summed E-state index contributed by atoms with van der Waals surface area (Å²) in [5.74, 6) is -5.71. The second-order valence-electron chi connectivity index (χ2n) is 6.75. The summed E-state index contributed by atoms with van der Waals surface area (Å²) in [5.41, 5.74) is -1.14. The van der Waals surface area contributed by atoms with Crippen molar-refractivity contribution in [1.29, 1.82) is 0 Å². The summed E-state index contributed by atoms with van der Waals surface area (Å²) in [7, 11) is 0. The Morgan fingerprint density at radius 1 is 1.24 bits per heavy atom. The molecular weight excluding hydrogens is 402 g/mol. The highest BCUT2D eigenvalue weighted by Crippen LogP contribution is 2.35. The van der Waals surface area contributed by atoms with E-state index in [-0.39, 0.29) is 17.4 Å². The Morgan fingerprint density at radius 3 is 2.48 bits per heavy atom. The number of anilines is 1. The number of rotatable bonds is 6. The van der Waals surface area contributed by atoms with Crippen molar-refractivity contribution in [3.8, 4) is 5.75 Å². The van der Waals surface area contributed by atoms with Crippen molar-refractivity contribution < 1.29 is 35.9 Å². The van der Waals surface area contributed by atoms with Gasteiger partial charge in [0, 0.05) is 29.2 Å². The van der Waals surface area contributed by atoms with E-state index in [1.165, 1.54) is 19.1 Å². The summed E-state index contributed by atoms with van der Waals surface area (Å²) in [6.45, 7) is -0.112. The van der Waals surface area contributed by atoms with Crippen LogP contribution in [0, 0.1) is 23.4 Å². The van der Waals surface area contributed by atoms with Crippen LogP contribution in [0.1, 0.15) is 36.9 Å². The Morgan fingerprint density at radius 2 is 1.93 bits per heavy atom. The van der Waals surface area contributed by atoms with Crippen LogP contribution >= 0.6 is 0 Å². The molecule has 1 atom stereocenters. The third-order valence-electron chi connectivity index (χ3n) is 4.44. The van der Waals surface area contributed by atoms with E-state index in [1.54, 1.807) is 0 Å². The van der Waals surface area contributed by atoms with Crippen LogP contribution in [0.5, 0.6) is 5.75 Å². The zero-order chi connectivity index (χ0) is 21.3. The molecule has 1 heterocycles. The molecule has 0 saturated heterocycles. The smallest absolute Gasteiger partial charge is 0.422 e. The van der Waals surface area contributed by atoms with E-state index < -0.39 is 53.3 Å². The molecule has 0 aliphatic heterocycles. The second-order valence-corrected chi connectivity index (χ2v) is 6.75. The van der Waals surface area contributed by atoms with Crippen LogP contribution in [-0.4, -0.2) is 23.7 Å². The van der Waals surface area contributed by atoms with Gasteiger partial charge in [0.1, 0.15) is 17.3 Å². The SMILES string of the molecule is C[C@@H](c1ccc(OCC(F)(F)F)cn1)c1c(F)cc(F)c(NC(=O)C2CC2)c1F. The summed E-state index contributed by atoms with van der Waals surface area (Å²) in [6.07, 6.45) is -2.29. The summed E-state index contributed by atoms with van der Waals surface area (Å²) in [6, 6.07) is 2.90. The van der Waals surface area contributed by atoms with Gasteiger partial charge in [0.05, 0.1) is 6.20 Å². The van der Waals surface area contributed by atoms with E-state index in [0.717, 1.165) is 6.20 Å². The lowest BCUT2D eigenvalue weighted by atomic mass is 9.95. The van der Waals surface area contributed by atoms with Crippen molar-refractivity contribution in [2.75, 3.05) is 11.9 Å². The van der Waals surface area contributed by atoms with Crippen molar-refractivity contribution in [3.05, 3.63) is 53.1 Å². The lowest BCUT2D eigenvalue weighted by Crippen LogP contribution is -2.19. The number of halogens is 6. The van der Waals surface area contributed by atoms with Gasteiger partial charge in [-0.25, -0.2) is 13.2 Å². The molecule has 1 amide bonds. The predicted octanol–water partition coefficient (Wildman–Crippen LogP) is 4.94. The lowest BCUT2D eigenvalue weighted by molar-refractivity contribution is -0.153. The number of hydrogen-bond donors (Lipinski definition) is 1. The normalized spacial score (nSPS) is 15.1. The molecule has 0 radical (unpaired) electrons. The third kappa shape index (κ3) is 4.99. The van der Waals surface area contributed by atoms with Gasteiger partial charge in [-0.2, -0.15) is 13.2 Å². The van der Waals surface area contributed by atoms with Crippen LogP contribution < -0.4 is 10.1 Å². The van der Waals surface area contributed by atoms with Crippen molar-refractivity contribution in [3.63, 3.8) is 0 Å². The number of benzene rings is 1. The fourth-order valence-electron chi connectivity index (χ4n) is 2.73. The van der Waals surface area contributed by atoms with Gasteiger partial charge in [-0.3, -0.25) is 9.78 Å². The highest BCUT2D eigenvalue weighted by atomic mass is 19.4. The van der Waals surface area contributed by atoms with Gasteiger partial charge in [0.25, 0.3) is 0 Å². The molecule has 0 bridgehead atoms. The molecule has 1 aromatic heterocycles. The average molecular weight is 418 g/mol. The number of hydrogen-bond acceptors (Lipinski definition) is 3. The topological polar surface area (TPSA) is 51.2 Å². The lowest BCUT2D eigenvalue weighted by Gasteiger charge is -2.17. The van der Waals surface area contributed by atoms with Crippen LogP contribution in [0.4, 0.5) is 32.0 Å². The molecular formula is C19H16F6N2O2. The summed E-state index contributed by atoms with van der Waals surface area (Å²) < 4.78 is 84.2. The van der Waals surface area contributed by atoms with Crippen LogP contribution in [-0.2, 0) is 4.79 Å². The standard InChI is InChI=1S/C19H16F6N2O2/c1-9(14-5-4-11(7-26-14)29-8-19(23,24)25)15-12(20)6-13(21)17(16(15)22)27-18(28)10-2-3-10/h4-7,9-10H,2-3,8H2,1H3,(H,27,28)/t9-/m0/s1. The number of nitrogens with one attached hydrogen (secondary N) is 1. The van der Waals surface area contributed by atoms with Gasteiger partial charge in [-0.1, -0.05) is 6.92 Å². The number of ether oxygens (including phenoxy) is 1. The number of amides is 1. The van der Waals surface area contributed by atoms with Crippen molar-refractivity contribution in [2.24, 2.45) is 5.92 Å². The molecule has 0 spiro atoms. The number of carbonyl (C=O) groups excluding carboxylic acids is 1. The Hall–Kier alpha value is -2.78. The molecule has 1 N–H and O–H groups in total. The average Bonchev–Trinajstić information content (AvgIpc) is 3.48. The maximum atomic E-state index is 14.8. The summed E-state index contributed by atoms with van der Waals surface area (Å²) in [4.78, 5) is 15.7. The Balaban J connectivity index is 1.84. The molecule has 1 aliphatic carbocycles. The maximum Gasteiger partial charge on any atom is 0.422 e. The van der Waals surface area contributed by atoms with E-state index in [0.29, 0.717) is 18.9 Å². The molecule has 1 aromatic carbocycles. The summed E-state index contributed by atoms with van der Waals surface area (Å²) in [5, 5.41) is 2.15. The van der Waals surface area contributed by atoms with E-state index in [9.17, 15) is 31.1 Å². The molecule has 3 rings (SSSR count). The monoisotopic (exact) mass is 418 g/mol.